The minimum atomic E-state index is -4.73. The minimum Gasteiger partial charge on any atom is -0.481 e. The van der Waals surface area contributed by atoms with E-state index in [1.165, 1.54) is 28.6 Å². The fourth-order valence-electron chi connectivity index (χ4n) is 4.64. The first-order valence-electron chi connectivity index (χ1n) is 11.2. The number of nitrogens with zero attached hydrogens (tertiary/aromatic N) is 2. The van der Waals surface area contributed by atoms with E-state index in [2.05, 4.69) is 4.90 Å². The standard InChI is InChI=1S/C24H28F4N2O4S/c1-16-14-29(10-4-6-18-8-9-21(22(25)12-18)24(26,27)28)15-17(2)30(16)35(33,34)20-7-3-5-19(11-20)13-23(31)32/h3,5,7-9,11-12,16-17H,4,6,10,13-15H2,1-2H3,(H,31,32). The van der Waals surface area contributed by atoms with Crippen LogP contribution in [0.4, 0.5) is 17.6 Å². The van der Waals surface area contributed by atoms with Gasteiger partial charge in [0.25, 0.3) is 0 Å². The van der Waals surface area contributed by atoms with Crippen molar-refractivity contribution >= 4 is 16.0 Å². The zero-order valence-corrected chi connectivity index (χ0v) is 20.2. The van der Waals surface area contributed by atoms with Gasteiger partial charge in [-0.25, -0.2) is 12.8 Å². The average molecular weight is 517 g/mol. The van der Waals surface area contributed by atoms with Gasteiger partial charge in [-0.1, -0.05) is 18.2 Å². The second kappa shape index (κ2) is 10.6. The van der Waals surface area contributed by atoms with Crippen molar-refractivity contribution in [1.29, 1.82) is 0 Å². The maximum Gasteiger partial charge on any atom is 0.419 e. The highest BCUT2D eigenvalue weighted by Gasteiger charge is 2.38. The Kier molecular flexibility index (Phi) is 8.23. The van der Waals surface area contributed by atoms with Crippen LogP contribution in [-0.2, 0) is 33.8 Å². The molecule has 0 bridgehead atoms. The molecule has 2 unspecified atom stereocenters. The van der Waals surface area contributed by atoms with E-state index in [9.17, 15) is 30.8 Å². The number of alkyl halides is 3. The number of aliphatic carboxylic acids is 1. The highest BCUT2D eigenvalue weighted by Crippen LogP contribution is 2.32. The molecule has 6 nitrogen and oxygen atoms in total. The molecule has 0 amide bonds. The second-order valence-corrected chi connectivity index (χ2v) is 10.8. The lowest BCUT2D eigenvalue weighted by Crippen LogP contribution is -2.58. The molecule has 1 N–H and O–H groups in total. The fraction of sp³-hybridized carbons (Fsp3) is 0.458. The molecule has 2 atom stereocenters. The van der Waals surface area contributed by atoms with Crippen molar-refractivity contribution in [3.8, 4) is 0 Å². The van der Waals surface area contributed by atoms with Gasteiger partial charge in [0.15, 0.2) is 0 Å². The number of carboxylic acid groups (broad SMARTS) is 1. The summed E-state index contributed by atoms with van der Waals surface area (Å²) in [5.74, 6) is -2.34. The average Bonchev–Trinajstić information content (AvgIpc) is 2.72. The molecule has 11 heteroatoms. The van der Waals surface area contributed by atoms with Gasteiger partial charge in [0.2, 0.25) is 10.0 Å². The Bertz CT molecular complexity index is 1160. The predicted octanol–water partition coefficient (Wildman–Crippen LogP) is 4.19. The van der Waals surface area contributed by atoms with Crippen molar-refractivity contribution in [2.45, 2.75) is 56.3 Å². The molecule has 1 saturated heterocycles. The third-order valence-electron chi connectivity index (χ3n) is 6.02. The summed E-state index contributed by atoms with van der Waals surface area (Å²) in [6.07, 6.45) is -4.03. The molecule has 0 radical (unpaired) electrons. The van der Waals surface area contributed by atoms with E-state index in [0.717, 1.165) is 12.1 Å². The molecule has 192 valence electrons. The Morgan fingerprint density at radius 1 is 1.06 bits per heavy atom. The van der Waals surface area contributed by atoms with Crippen LogP contribution in [0.3, 0.4) is 0 Å². The lowest BCUT2D eigenvalue weighted by molar-refractivity contribution is -0.140. The normalized spacial score (nSPS) is 20.2. The van der Waals surface area contributed by atoms with Gasteiger partial charge in [0, 0.05) is 25.2 Å². The third kappa shape index (κ3) is 6.59. The summed E-state index contributed by atoms with van der Waals surface area (Å²) in [6.45, 7) is 5.10. The molecule has 1 fully saturated rings. The lowest BCUT2D eigenvalue weighted by Gasteiger charge is -2.43. The van der Waals surface area contributed by atoms with Gasteiger partial charge in [0.1, 0.15) is 5.82 Å². The summed E-state index contributed by atoms with van der Waals surface area (Å²) in [4.78, 5) is 13.1. The van der Waals surface area contributed by atoms with Crippen molar-refractivity contribution in [1.82, 2.24) is 9.21 Å². The van der Waals surface area contributed by atoms with E-state index in [4.69, 9.17) is 5.11 Å². The molecule has 1 aliphatic heterocycles. The molecule has 0 aromatic heterocycles. The molecule has 0 aliphatic carbocycles. The van der Waals surface area contributed by atoms with Crippen molar-refractivity contribution < 1.29 is 35.9 Å². The summed E-state index contributed by atoms with van der Waals surface area (Å²) in [6, 6.07) is 8.18. The number of carbonyl (C=O) groups is 1. The lowest BCUT2D eigenvalue weighted by atomic mass is 10.1. The number of aryl methyl sites for hydroxylation is 1. The number of piperazine rings is 1. The van der Waals surface area contributed by atoms with Crippen molar-refractivity contribution in [3.63, 3.8) is 0 Å². The maximum atomic E-state index is 13.8. The SMILES string of the molecule is CC1CN(CCCc2ccc(C(F)(F)F)c(F)c2)CC(C)N1S(=O)(=O)c1cccc(CC(=O)O)c1. The number of sulfonamides is 1. The first kappa shape index (κ1) is 27.1. The van der Waals surface area contributed by atoms with E-state index in [1.54, 1.807) is 19.9 Å². The van der Waals surface area contributed by atoms with Gasteiger partial charge in [-0.15, -0.1) is 0 Å². The van der Waals surface area contributed by atoms with Gasteiger partial charge < -0.3 is 10.0 Å². The van der Waals surface area contributed by atoms with Gasteiger partial charge >= 0.3 is 12.1 Å². The second-order valence-electron chi connectivity index (χ2n) is 8.93. The molecule has 3 rings (SSSR count). The van der Waals surface area contributed by atoms with E-state index < -0.39 is 33.5 Å². The van der Waals surface area contributed by atoms with Crippen LogP contribution >= 0.6 is 0 Å². The summed E-state index contributed by atoms with van der Waals surface area (Å²) in [5, 5.41) is 8.99. The predicted molar refractivity (Wildman–Crippen MR) is 122 cm³/mol. The van der Waals surface area contributed by atoms with Gasteiger partial charge in [0.05, 0.1) is 16.9 Å². The number of hydrogen-bond acceptors (Lipinski definition) is 4. The highest BCUT2D eigenvalue weighted by molar-refractivity contribution is 7.89. The largest absolute Gasteiger partial charge is 0.481 e. The Balaban J connectivity index is 1.62. The van der Waals surface area contributed by atoms with Crippen LogP contribution in [0.5, 0.6) is 0 Å². The van der Waals surface area contributed by atoms with Crippen LogP contribution < -0.4 is 0 Å². The molecular weight excluding hydrogens is 488 g/mol. The van der Waals surface area contributed by atoms with Gasteiger partial charge in [-0.05, 0) is 68.6 Å². The molecule has 2 aromatic carbocycles. The van der Waals surface area contributed by atoms with E-state index >= 15 is 0 Å². The van der Waals surface area contributed by atoms with Crippen LogP contribution in [0.1, 0.15) is 37.0 Å². The molecule has 35 heavy (non-hydrogen) atoms. The summed E-state index contributed by atoms with van der Waals surface area (Å²) in [7, 11) is -3.85. The van der Waals surface area contributed by atoms with Crippen molar-refractivity contribution in [3.05, 3.63) is 65.0 Å². The smallest absolute Gasteiger partial charge is 0.419 e. The third-order valence-corrected chi connectivity index (χ3v) is 8.15. The summed E-state index contributed by atoms with van der Waals surface area (Å²) in [5.41, 5.74) is -0.411. The number of benzene rings is 2. The van der Waals surface area contributed by atoms with Crippen LogP contribution in [-0.4, -0.2) is 60.4 Å². The topological polar surface area (TPSA) is 77.9 Å². The van der Waals surface area contributed by atoms with Crippen LogP contribution in [0.25, 0.3) is 0 Å². The number of hydrogen-bond donors (Lipinski definition) is 1. The Morgan fingerprint density at radius 2 is 1.71 bits per heavy atom. The zero-order valence-electron chi connectivity index (χ0n) is 19.4. The molecule has 1 aliphatic rings. The summed E-state index contributed by atoms with van der Waals surface area (Å²) < 4.78 is 80.1. The Hall–Kier alpha value is -2.50. The first-order valence-corrected chi connectivity index (χ1v) is 12.7. The van der Waals surface area contributed by atoms with Crippen molar-refractivity contribution in [2.75, 3.05) is 19.6 Å². The monoisotopic (exact) mass is 516 g/mol. The fourth-order valence-corrected chi connectivity index (χ4v) is 6.51. The maximum absolute atomic E-state index is 13.8. The minimum absolute atomic E-state index is 0.0488. The van der Waals surface area contributed by atoms with E-state index in [-0.39, 0.29) is 23.4 Å². The number of halogens is 4. The first-order chi connectivity index (χ1) is 16.3. The molecule has 1 heterocycles. The van der Waals surface area contributed by atoms with Crippen LogP contribution in [0.15, 0.2) is 47.4 Å². The van der Waals surface area contributed by atoms with Gasteiger partial charge in [-0.3, -0.25) is 4.79 Å². The Morgan fingerprint density at radius 3 is 2.29 bits per heavy atom. The zero-order chi connectivity index (χ0) is 26.0. The van der Waals surface area contributed by atoms with Crippen LogP contribution in [0.2, 0.25) is 0 Å². The number of rotatable bonds is 8. The molecule has 0 spiro atoms. The highest BCUT2D eigenvalue weighted by atomic mass is 32.2. The van der Waals surface area contributed by atoms with Crippen LogP contribution in [0, 0.1) is 5.82 Å². The Labute approximate surface area is 202 Å². The van der Waals surface area contributed by atoms with Crippen molar-refractivity contribution in [2.24, 2.45) is 0 Å². The molecule has 0 saturated carbocycles. The summed E-state index contributed by atoms with van der Waals surface area (Å²) >= 11 is 0. The van der Waals surface area contributed by atoms with Gasteiger partial charge in [-0.2, -0.15) is 17.5 Å². The number of carboxylic acids is 1. The molecular formula is C24H28F4N2O4S. The van der Waals surface area contributed by atoms with E-state index in [1.807, 2.05) is 0 Å². The quantitative estimate of drug-likeness (QED) is 0.533. The molecule has 2 aromatic rings. The van der Waals surface area contributed by atoms with E-state index in [0.29, 0.717) is 43.6 Å².